The number of hydrogen-bond acceptors (Lipinski definition) is 3. The minimum atomic E-state index is 0.202. The van der Waals surface area contributed by atoms with Crippen molar-refractivity contribution in [1.29, 1.82) is 0 Å². The Morgan fingerprint density at radius 3 is 1.90 bits per heavy atom. The van der Waals surface area contributed by atoms with Gasteiger partial charge < -0.3 is 4.90 Å². The van der Waals surface area contributed by atoms with Crippen LogP contribution in [-0.2, 0) is 4.79 Å². The maximum Gasteiger partial charge on any atom is 0.196 e. The maximum atomic E-state index is 12.6. The summed E-state index contributed by atoms with van der Waals surface area (Å²) in [6.07, 6.45) is 4.06. The highest BCUT2D eigenvalue weighted by atomic mass is 32.1. The summed E-state index contributed by atoms with van der Waals surface area (Å²) >= 11 is 3.32. The van der Waals surface area contributed by atoms with E-state index in [-0.39, 0.29) is 5.78 Å². The van der Waals surface area contributed by atoms with Gasteiger partial charge in [-0.05, 0) is 56.9 Å². The number of rotatable bonds is 2. The molecule has 1 aliphatic heterocycles. The minimum Gasteiger partial charge on any atom is -0.330 e. The number of carbonyl (C=O) groups is 1. The van der Waals surface area contributed by atoms with E-state index in [0.29, 0.717) is 0 Å². The molecule has 0 atom stereocenters. The van der Waals surface area contributed by atoms with Crippen molar-refractivity contribution in [2.45, 2.75) is 0 Å². The van der Waals surface area contributed by atoms with Gasteiger partial charge in [-0.2, -0.15) is 22.7 Å². The van der Waals surface area contributed by atoms with E-state index in [1.54, 1.807) is 22.7 Å². The first kappa shape index (κ1) is 13.5. The van der Waals surface area contributed by atoms with Crippen LogP contribution < -0.4 is 4.90 Å². The van der Waals surface area contributed by atoms with Crippen LogP contribution in [0.2, 0.25) is 0 Å². The molecular weight excluding hydrogens is 286 g/mol. The third-order valence-corrected chi connectivity index (χ3v) is 4.74. The van der Waals surface area contributed by atoms with Crippen LogP contribution in [0.4, 0.5) is 0 Å². The minimum absolute atomic E-state index is 0.202. The number of quaternary nitrogens is 1. The van der Waals surface area contributed by atoms with Crippen LogP contribution in [0.3, 0.4) is 0 Å². The Balaban J connectivity index is 1.92. The topological polar surface area (TPSA) is 21.5 Å². The van der Waals surface area contributed by atoms with E-state index in [1.165, 1.54) is 4.90 Å². The monoisotopic (exact) mass is 302 g/mol. The van der Waals surface area contributed by atoms with Gasteiger partial charge in [0.25, 0.3) is 0 Å². The van der Waals surface area contributed by atoms with Crippen molar-refractivity contribution in [3.05, 3.63) is 55.9 Å². The van der Waals surface area contributed by atoms with Gasteiger partial charge in [0, 0.05) is 0 Å². The fourth-order valence-corrected chi connectivity index (χ4v) is 3.67. The van der Waals surface area contributed by atoms with Gasteiger partial charge in [-0.15, -0.1) is 0 Å². The molecule has 3 rings (SSSR count). The molecule has 1 aliphatic rings. The molecule has 1 N–H and O–H groups in total. The molecule has 0 aliphatic carbocycles. The summed E-state index contributed by atoms with van der Waals surface area (Å²) in [6, 6.07) is 4.11. The first-order chi connectivity index (χ1) is 9.72. The highest BCUT2D eigenvalue weighted by Crippen LogP contribution is 2.18. The molecule has 20 heavy (non-hydrogen) atoms. The lowest BCUT2D eigenvalue weighted by Gasteiger charge is -2.23. The summed E-state index contributed by atoms with van der Waals surface area (Å²) in [6.45, 7) is 1.60. The molecular formula is C16H16NOS2+. The van der Waals surface area contributed by atoms with Gasteiger partial charge in [0.2, 0.25) is 0 Å². The fourth-order valence-electron chi connectivity index (χ4n) is 2.43. The Morgan fingerprint density at radius 2 is 1.50 bits per heavy atom. The highest BCUT2D eigenvalue weighted by molar-refractivity contribution is 7.08. The number of ketones is 1. The first-order valence-electron chi connectivity index (χ1n) is 6.54. The van der Waals surface area contributed by atoms with E-state index in [2.05, 4.69) is 29.9 Å². The second kappa shape index (κ2) is 5.87. The zero-order valence-electron chi connectivity index (χ0n) is 11.3. The van der Waals surface area contributed by atoms with Crippen LogP contribution in [0.5, 0.6) is 0 Å². The molecule has 0 bridgehead atoms. The van der Waals surface area contributed by atoms with Crippen molar-refractivity contribution in [3.8, 4) is 0 Å². The van der Waals surface area contributed by atoms with Crippen LogP contribution in [0, 0.1) is 0 Å². The largest absolute Gasteiger partial charge is 0.330 e. The summed E-state index contributed by atoms with van der Waals surface area (Å²) in [5.74, 6) is 0.202. The molecule has 1 saturated heterocycles. The Hall–Kier alpha value is -1.49. The van der Waals surface area contributed by atoms with Crippen LogP contribution >= 0.6 is 22.7 Å². The lowest BCUT2D eigenvalue weighted by molar-refractivity contribution is -0.870. The summed E-state index contributed by atoms with van der Waals surface area (Å²) in [4.78, 5) is 13.9. The van der Waals surface area contributed by atoms with Crippen LogP contribution in [0.1, 0.15) is 11.1 Å². The summed E-state index contributed by atoms with van der Waals surface area (Å²) in [7, 11) is 2.13. The zero-order valence-corrected chi connectivity index (χ0v) is 12.9. The van der Waals surface area contributed by atoms with Gasteiger partial charge in [-0.3, -0.25) is 4.79 Å². The summed E-state index contributed by atoms with van der Waals surface area (Å²) in [5, 5.41) is 8.23. The zero-order chi connectivity index (χ0) is 13.9. The number of nitrogens with one attached hydrogen (secondary N) is 1. The lowest BCUT2D eigenvalue weighted by Crippen LogP contribution is -3.10. The van der Waals surface area contributed by atoms with E-state index < -0.39 is 0 Å². The SMILES string of the molecule is C[NH+]1CC(=Cc2ccsc2)C(=O)C(=Cc2ccsc2)C1. The molecule has 0 aromatic carbocycles. The molecule has 0 amide bonds. The molecule has 2 aromatic rings. The van der Waals surface area contributed by atoms with Gasteiger partial charge in [-0.1, -0.05) is 0 Å². The highest BCUT2D eigenvalue weighted by Gasteiger charge is 2.26. The van der Waals surface area contributed by atoms with Crippen molar-refractivity contribution in [3.63, 3.8) is 0 Å². The first-order valence-corrected chi connectivity index (χ1v) is 8.42. The molecule has 2 aromatic heterocycles. The van der Waals surface area contributed by atoms with Crippen LogP contribution in [0.25, 0.3) is 12.2 Å². The Kier molecular flexibility index (Phi) is 3.96. The maximum absolute atomic E-state index is 12.6. The average Bonchev–Trinajstić information content (AvgIpc) is 3.08. The number of likely N-dealkylation sites (N-methyl/N-ethyl adjacent to an activating group) is 1. The van der Waals surface area contributed by atoms with Gasteiger partial charge >= 0.3 is 0 Å². The Bertz CT molecular complexity index is 594. The quantitative estimate of drug-likeness (QED) is 0.845. The van der Waals surface area contributed by atoms with Gasteiger partial charge in [0.15, 0.2) is 5.78 Å². The third kappa shape index (κ3) is 2.98. The van der Waals surface area contributed by atoms with Crippen molar-refractivity contribution in [1.82, 2.24) is 0 Å². The molecule has 0 unspecified atom stereocenters. The van der Waals surface area contributed by atoms with E-state index in [4.69, 9.17) is 0 Å². The van der Waals surface area contributed by atoms with Crippen molar-refractivity contribution in [2.75, 3.05) is 20.1 Å². The molecule has 2 nitrogen and oxygen atoms in total. The second-order valence-corrected chi connectivity index (χ2v) is 6.65. The molecule has 0 radical (unpaired) electrons. The number of thiophene rings is 2. The van der Waals surface area contributed by atoms with Crippen LogP contribution in [-0.4, -0.2) is 25.9 Å². The van der Waals surface area contributed by atoms with Crippen LogP contribution in [0.15, 0.2) is 44.8 Å². The summed E-state index contributed by atoms with van der Waals surface area (Å²) in [5.41, 5.74) is 4.08. The van der Waals surface area contributed by atoms with E-state index in [9.17, 15) is 4.79 Å². The number of piperidine rings is 1. The van der Waals surface area contributed by atoms with Crippen molar-refractivity contribution < 1.29 is 9.69 Å². The predicted molar refractivity (Wildman–Crippen MR) is 86.2 cm³/mol. The Labute approximate surface area is 126 Å². The van der Waals surface area contributed by atoms with Gasteiger partial charge in [0.05, 0.1) is 18.2 Å². The fraction of sp³-hybridized carbons (Fsp3) is 0.188. The van der Waals surface area contributed by atoms with Gasteiger partial charge in [0.1, 0.15) is 13.1 Å². The van der Waals surface area contributed by atoms with E-state index >= 15 is 0 Å². The second-order valence-electron chi connectivity index (χ2n) is 5.09. The number of hydrogen-bond donors (Lipinski definition) is 1. The molecule has 0 saturated carbocycles. The smallest absolute Gasteiger partial charge is 0.196 e. The molecule has 1 fully saturated rings. The molecule has 0 spiro atoms. The lowest BCUT2D eigenvalue weighted by atomic mass is 9.95. The average molecular weight is 302 g/mol. The van der Waals surface area contributed by atoms with Gasteiger partial charge in [-0.25, -0.2) is 0 Å². The number of Topliss-reactive ketones (excluding diaryl/α,β-unsaturated/α-hetero) is 1. The van der Waals surface area contributed by atoms with Crippen molar-refractivity contribution in [2.24, 2.45) is 0 Å². The Morgan fingerprint density at radius 1 is 1.00 bits per heavy atom. The normalized spacial score (nSPS) is 23.6. The van der Waals surface area contributed by atoms with E-state index in [0.717, 1.165) is 35.4 Å². The van der Waals surface area contributed by atoms with Crippen molar-refractivity contribution >= 4 is 40.6 Å². The molecule has 102 valence electrons. The predicted octanol–water partition coefficient (Wildman–Crippen LogP) is 2.37. The summed E-state index contributed by atoms with van der Waals surface area (Å²) < 4.78 is 0. The molecule has 4 heteroatoms. The number of likely N-dealkylation sites (tertiary alicyclic amines) is 1. The third-order valence-electron chi connectivity index (χ3n) is 3.34. The van der Waals surface area contributed by atoms with E-state index in [1.807, 2.05) is 22.9 Å². The standard InChI is InChI=1S/C16H15NOS2/c1-17-8-14(6-12-2-4-19-10-12)16(18)15(9-17)7-13-3-5-20-11-13/h2-7,10-11H,8-9H2,1H3/p+1. The molecule has 3 heterocycles. The number of carbonyl (C=O) groups excluding carboxylic acids is 1.